The van der Waals surface area contributed by atoms with Gasteiger partial charge in [-0.2, -0.15) is 0 Å². The van der Waals surface area contributed by atoms with Gasteiger partial charge >= 0.3 is 5.97 Å². The molecule has 0 aromatic carbocycles. The lowest BCUT2D eigenvalue weighted by molar-refractivity contribution is 0.0691. The lowest BCUT2D eigenvalue weighted by Crippen LogP contribution is -2.08. The van der Waals surface area contributed by atoms with Crippen LogP contribution >= 0.6 is 0 Å². The second kappa shape index (κ2) is 5.68. The van der Waals surface area contributed by atoms with Gasteiger partial charge in [-0.15, -0.1) is 0 Å². The molecule has 0 aliphatic carbocycles. The van der Waals surface area contributed by atoms with Crippen molar-refractivity contribution in [3.05, 3.63) is 17.6 Å². The van der Waals surface area contributed by atoms with Crippen molar-refractivity contribution in [3.63, 3.8) is 0 Å². The number of nitrogens with two attached hydrogens (primary N) is 1. The third kappa shape index (κ3) is 3.22. The molecular formula is C10H12N4O2. The van der Waals surface area contributed by atoms with Crippen molar-refractivity contribution in [3.8, 4) is 11.8 Å². The van der Waals surface area contributed by atoms with Crippen LogP contribution in [0.2, 0.25) is 0 Å². The van der Waals surface area contributed by atoms with Crippen LogP contribution in [0, 0.1) is 11.8 Å². The molecule has 84 valence electrons. The Balaban J connectivity index is 2.85. The van der Waals surface area contributed by atoms with Crippen molar-refractivity contribution in [1.82, 2.24) is 15.3 Å². The average Bonchev–Trinajstić information content (AvgIpc) is 2.26. The Kier molecular flexibility index (Phi) is 4.24. The van der Waals surface area contributed by atoms with E-state index in [1.54, 1.807) is 0 Å². The summed E-state index contributed by atoms with van der Waals surface area (Å²) in [5.41, 5.74) is 5.40. The standard InChI is InChI=1S/C10H12N4O2/c1-12-5-3-2-4-7-6-13-9(11)8(14-7)10(15)16/h6,12H,3,5H2,1H3,(H2,11,13)(H,15,16). The van der Waals surface area contributed by atoms with E-state index in [0.29, 0.717) is 12.1 Å². The van der Waals surface area contributed by atoms with Gasteiger partial charge in [-0.3, -0.25) is 0 Å². The lowest BCUT2D eigenvalue weighted by Gasteiger charge is -1.98. The first kappa shape index (κ1) is 11.9. The first-order valence-electron chi connectivity index (χ1n) is 4.64. The third-order valence-electron chi connectivity index (χ3n) is 1.72. The molecule has 0 amide bonds. The Bertz CT molecular complexity index is 448. The van der Waals surface area contributed by atoms with Gasteiger partial charge in [-0.05, 0) is 13.0 Å². The zero-order chi connectivity index (χ0) is 12.0. The van der Waals surface area contributed by atoms with Crippen LogP contribution in [0.4, 0.5) is 5.82 Å². The summed E-state index contributed by atoms with van der Waals surface area (Å²) < 4.78 is 0. The summed E-state index contributed by atoms with van der Waals surface area (Å²) in [5, 5.41) is 11.7. The minimum Gasteiger partial charge on any atom is -0.476 e. The molecular weight excluding hydrogens is 208 g/mol. The highest BCUT2D eigenvalue weighted by molar-refractivity contribution is 5.90. The number of nitrogens with zero attached hydrogens (tertiary/aromatic N) is 2. The normalized spacial score (nSPS) is 9.31. The molecule has 0 fully saturated rings. The van der Waals surface area contributed by atoms with Gasteiger partial charge in [0.05, 0.1) is 6.20 Å². The van der Waals surface area contributed by atoms with Gasteiger partial charge < -0.3 is 16.2 Å². The Morgan fingerprint density at radius 1 is 1.69 bits per heavy atom. The number of anilines is 1. The molecule has 1 heterocycles. The van der Waals surface area contributed by atoms with E-state index < -0.39 is 5.97 Å². The van der Waals surface area contributed by atoms with Crippen LogP contribution in [0.15, 0.2) is 6.20 Å². The molecule has 1 rings (SSSR count). The Morgan fingerprint density at radius 2 is 2.44 bits per heavy atom. The summed E-state index contributed by atoms with van der Waals surface area (Å²) >= 11 is 0. The van der Waals surface area contributed by atoms with E-state index in [0.717, 1.165) is 6.54 Å². The van der Waals surface area contributed by atoms with Crippen molar-refractivity contribution < 1.29 is 9.90 Å². The highest BCUT2D eigenvalue weighted by Crippen LogP contribution is 2.04. The van der Waals surface area contributed by atoms with Crippen molar-refractivity contribution in [2.45, 2.75) is 6.42 Å². The molecule has 4 N–H and O–H groups in total. The second-order valence-corrected chi connectivity index (χ2v) is 2.95. The largest absolute Gasteiger partial charge is 0.476 e. The van der Waals surface area contributed by atoms with Gasteiger partial charge in [-0.1, -0.05) is 5.92 Å². The zero-order valence-electron chi connectivity index (χ0n) is 8.82. The topological polar surface area (TPSA) is 101 Å². The van der Waals surface area contributed by atoms with Crippen LogP contribution < -0.4 is 11.1 Å². The average molecular weight is 220 g/mol. The van der Waals surface area contributed by atoms with Crippen LogP contribution in [0.5, 0.6) is 0 Å². The van der Waals surface area contributed by atoms with E-state index in [-0.39, 0.29) is 11.5 Å². The molecule has 0 bridgehead atoms. The number of aromatic nitrogens is 2. The minimum atomic E-state index is -1.20. The first-order valence-corrected chi connectivity index (χ1v) is 4.64. The number of carboxylic acid groups (broad SMARTS) is 1. The predicted octanol–water partition coefficient (Wildman–Crippen LogP) is -0.282. The molecule has 6 nitrogen and oxygen atoms in total. The maximum atomic E-state index is 10.7. The molecule has 0 saturated carbocycles. The number of aromatic carboxylic acids is 1. The number of carboxylic acids is 1. The fourth-order valence-electron chi connectivity index (χ4n) is 0.957. The maximum absolute atomic E-state index is 10.7. The summed E-state index contributed by atoms with van der Waals surface area (Å²) in [6, 6.07) is 0. The van der Waals surface area contributed by atoms with E-state index >= 15 is 0 Å². The number of nitrogens with one attached hydrogen (secondary N) is 1. The van der Waals surface area contributed by atoms with Crippen LogP contribution in [-0.2, 0) is 0 Å². The third-order valence-corrected chi connectivity index (χ3v) is 1.72. The molecule has 0 spiro atoms. The fourth-order valence-corrected chi connectivity index (χ4v) is 0.957. The summed E-state index contributed by atoms with van der Waals surface area (Å²) in [6.07, 6.45) is 2.01. The quantitative estimate of drug-likeness (QED) is 0.478. The number of rotatable bonds is 3. The molecule has 0 radical (unpaired) electrons. The zero-order valence-corrected chi connectivity index (χ0v) is 8.82. The molecule has 0 atom stereocenters. The van der Waals surface area contributed by atoms with Crippen LogP contribution in [0.25, 0.3) is 0 Å². The second-order valence-electron chi connectivity index (χ2n) is 2.95. The van der Waals surface area contributed by atoms with E-state index in [4.69, 9.17) is 10.8 Å². The van der Waals surface area contributed by atoms with Crippen molar-refractivity contribution >= 4 is 11.8 Å². The van der Waals surface area contributed by atoms with Crippen molar-refractivity contribution in [2.75, 3.05) is 19.3 Å². The number of hydrogen-bond donors (Lipinski definition) is 3. The lowest BCUT2D eigenvalue weighted by atomic mass is 10.3. The minimum absolute atomic E-state index is 0.103. The molecule has 1 aromatic rings. The summed E-state index contributed by atoms with van der Waals surface area (Å²) in [4.78, 5) is 18.2. The Morgan fingerprint density at radius 3 is 3.06 bits per heavy atom. The predicted molar refractivity (Wildman–Crippen MR) is 58.8 cm³/mol. The van der Waals surface area contributed by atoms with Gasteiger partial charge in [0.2, 0.25) is 0 Å². The maximum Gasteiger partial charge on any atom is 0.358 e. The smallest absolute Gasteiger partial charge is 0.358 e. The van der Waals surface area contributed by atoms with Gasteiger partial charge in [0.1, 0.15) is 5.69 Å². The van der Waals surface area contributed by atoms with Gasteiger partial charge in [0, 0.05) is 13.0 Å². The number of nitrogen functional groups attached to an aromatic ring is 1. The van der Waals surface area contributed by atoms with Crippen LogP contribution in [0.3, 0.4) is 0 Å². The van der Waals surface area contributed by atoms with Gasteiger partial charge in [0.25, 0.3) is 0 Å². The summed E-state index contributed by atoms with van der Waals surface area (Å²) in [5.74, 6) is 4.25. The van der Waals surface area contributed by atoms with Crippen LogP contribution in [-0.4, -0.2) is 34.6 Å². The molecule has 16 heavy (non-hydrogen) atoms. The summed E-state index contributed by atoms with van der Waals surface area (Å²) in [6.45, 7) is 0.765. The van der Waals surface area contributed by atoms with Crippen molar-refractivity contribution in [1.29, 1.82) is 0 Å². The first-order chi connectivity index (χ1) is 7.65. The highest BCUT2D eigenvalue weighted by atomic mass is 16.4. The molecule has 0 aliphatic heterocycles. The molecule has 1 aromatic heterocycles. The van der Waals surface area contributed by atoms with Gasteiger partial charge in [0.15, 0.2) is 11.5 Å². The summed E-state index contributed by atoms with van der Waals surface area (Å²) in [7, 11) is 1.83. The van der Waals surface area contributed by atoms with E-state index in [2.05, 4.69) is 27.1 Å². The van der Waals surface area contributed by atoms with Gasteiger partial charge in [-0.25, -0.2) is 14.8 Å². The van der Waals surface area contributed by atoms with E-state index in [1.165, 1.54) is 6.20 Å². The molecule has 0 saturated heterocycles. The number of hydrogen-bond acceptors (Lipinski definition) is 5. The molecule has 0 aliphatic rings. The van der Waals surface area contributed by atoms with Crippen LogP contribution in [0.1, 0.15) is 22.6 Å². The number of carbonyl (C=O) groups is 1. The monoisotopic (exact) mass is 220 g/mol. The molecule has 6 heteroatoms. The van der Waals surface area contributed by atoms with Crippen molar-refractivity contribution in [2.24, 2.45) is 0 Å². The van der Waals surface area contributed by atoms with E-state index in [9.17, 15) is 4.79 Å². The molecule has 0 unspecified atom stereocenters. The fraction of sp³-hybridized carbons (Fsp3) is 0.300. The van der Waals surface area contributed by atoms with E-state index in [1.807, 2.05) is 7.05 Å². The highest BCUT2D eigenvalue weighted by Gasteiger charge is 2.10. The Labute approximate surface area is 92.9 Å². The SMILES string of the molecule is CNCCC#Cc1cnc(N)c(C(=O)O)n1. The Hall–Kier alpha value is -2.13.